The number of carbonyl (C=O) groups is 5. The van der Waals surface area contributed by atoms with Gasteiger partial charge in [0.1, 0.15) is 33.9 Å². The SMILES string of the molecule is C=O.C=O.C=O.C=O.C=O.COCc1ccc(Cl)cc1.[W]. The van der Waals surface area contributed by atoms with Gasteiger partial charge in [-0.2, -0.15) is 0 Å². The van der Waals surface area contributed by atoms with Gasteiger partial charge >= 0.3 is 0 Å². The molecule has 0 aliphatic rings. The van der Waals surface area contributed by atoms with Gasteiger partial charge in [-0.05, 0) is 17.7 Å². The number of halogens is 1. The molecule has 0 bridgehead atoms. The van der Waals surface area contributed by atoms with Crippen molar-refractivity contribution in [1.82, 2.24) is 0 Å². The molecule has 0 aliphatic heterocycles. The van der Waals surface area contributed by atoms with Gasteiger partial charge in [0.15, 0.2) is 0 Å². The Kier molecular flexibility index (Phi) is 89.6. The van der Waals surface area contributed by atoms with Crippen LogP contribution in [-0.4, -0.2) is 41.1 Å². The van der Waals surface area contributed by atoms with E-state index in [0.717, 1.165) is 10.6 Å². The summed E-state index contributed by atoms with van der Waals surface area (Å²) in [6.07, 6.45) is 0. The van der Waals surface area contributed by atoms with Crippen molar-refractivity contribution >= 4 is 45.5 Å². The Balaban J connectivity index is -0.0000000440. The molecule has 0 aromatic heterocycles. The second-order valence-electron chi connectivity index (χ2n) is 2.06. The van der Waals surface area contributed by atoms with Crippen LogP contribution in [0.25, 0.3) is 0 Å². The Morgan fingerprint density at radius 2 is 1.10 bits per heavy atom. The molecule has 0 spiro atoms. The van der Waals surface area contributed by atoms with E-state index in [2.05, 4.69) is 0 Å². The summed E-state index contributed by atoms with van der Waals surface area (Å²) in [5.74, 6) is 0. The summed E-state index contributed by atoms with van der Waals surface area (Å²) < 4.78 is 4.92. The Morgan fingerprint density at radius 3 is 1.33 bits per heavy atom. The number of rotatable bonds is 2. The Bertz CT molecular complexity index is 262. The number of ether oxygens (including phenoxy) is 1. The van der Waals surface area contributed by atoms with Crippen molar-refractivity contribution < 1.29 is 49.8 Å². The quantitative estimate of drug-likeness (QED) is 0.625. The predicted molar refractivity (Wildman–Crippen MR) is 77.8 cm³/mol. The molecule has 0 saturated carbocycles. The van der Waals surface area contributed by atoms with Gasteiger partial charge in [-0.15, -0.1) is 0 Å². The molecule has 1 aromatic carbocycles. The maximum Gasteiger partial charge on any atom is 0.106 e. The van der Waals surface area contributed by atoms with E-state index < -0.39 is 0 Å². The first-order valence-corrected chi connectivity index (χ1v) is 4.88. The van der Waals surface area contributed by atoms with Gasteiger partial charge in [0.05, 0.1) is 6.61 Å². The molecule has 0 radical (unpaired) electrons. The van der Waals surface area contributed by atoms with Gasteiger partial charge < -0.3 is 28.7 Å². The molecule has 0 saturated heterocycles. The largest absolute Gasteiger partial charge is 0.380 e. The molecule has 6 nitrogen and oxygen atoms in total. The predicted octanol–water partition coefficient (Wildman–Crippen LogP) is 1.56. The van der Waals surface area contributed by atoms with Crippen molar-refractivity contribution in [2.45, 2.75) is 6.61 Å². The third-order valence-electron chi connectivity index (χ3n) is 1.22. The smallest absolute Gasteiger partial charge is 0.106 e. The van der Waals surface area contributed by atoms with Crippen LogP contribution in [-0.2, 0) is 56.4 Å². The molecule has 120 valence electrons. The fourth-order valence-electron chi connectivity index (χ4n) is 0.747. The van der Waals surface area contributed by atoms with E-state index in [1.54, 1.807) is 7.11 Å². The molecule has 0 aliphatic carbocycles. The van der Waals surface area contributed by atoms with Gasteiger partial charge in [-0.1, -0.05) is 23.7 Å². The monoisotopic (exact) mass is 490 g/mol. The minimum atomic E-state index is 0. The van der Waals surface area contributed by atoms with Crippen molar-refractivity contribution in [3.05, 3.63) is 34.9 Å². The fraction of sp³-hybridized carbons (Fsp3) is 0.154. The van der Waals surface area contributed by atoms with E-state index in [1.165, 1.54) is 0 Å². The molecule has 0 atom stereocenters. The minimum absolute atomic E-state index is 0. The Labute approximate surface area is 144 Å². The zero-order valence-corrected chi connectivity index (χ0v) is 15.5. The van der Waals surface area contributed by atoms with Crippen molar-refractivity contribution in [1.29, 1.82) is 0 Å². The fourth-order valence-corrected chi connectivity index (χ4v) is 0.873. The molecule has 1 rings (SSSR count). The molecule has 0 unspecified atom stereocenters. The van der Waals surface area contributed by atoms with Crippen LogP contribution in [0.1, 0.15) is 5.56 Å². The van der Waals surface area contributed by atoms with Gasteiger partial charge in [-0.25, -0.2) is 0 Å². The molecule has 0 fully saturated rings. The normalized spacial score (nSPS) is 5.62. The number of hydrogen-bond donors (Lipinski definition) is 0. The van der Waals surface area contributed by atoms with Crippen LogP contribution < -0.4 is 0 Å². The van der Waals surface area contributed by atoms with Crippen LogP contribution in [0.3, 0.4) is 0 Å². The molecule has 0 amide bonds. The van der Waals surface area contributed by atoms with Gasteiger partial charge in [0.2, 0.25) is 0 Å². The first kappa shape index (κ1) is 36.6. The second-order valence-corrected chi connectivity index (χ2v) is 2.50. The van der Waals surface area contributed by atoms with Crippen molar-refractivity contribution in [3.63, 3.8) is 0 Å². The van der Waals surface area contributed by atoms with Crippen molar-refractivity contribution in [2.24, 2.45) is 0 Å². The summed E-state index contributed by atoms with van der Waals surface area (Å²) in [6, 6.07) is 7.61. The van der Waals surface area contributed by atoms with E-state index in [4.69, 9.17) is 40.3 Å². The summed E-state index contributed by atoms with van der Waals surface area (Å²) >= 11 is 5.67. The summed E-state index contributed by atoms with van der Waals surface area (Å²) in [4.78, 5) is 40.0. The molecular weight excluding hydrogens is 471 g/mol. The summed E-state index contributed by atoms with van der Waals surface area (Å²) in [5.41, 5.74) is 1.15. The Morgan fingerprint density at radius 1 is 0.810 bits per heavy atom. The molecule has 8 heteroatoms. The minimum Gasteiger partial charge on any atom is -0.380 e. The topological polar surface area (TPSA) is 94.6 Å². The van der Waals surface area contributed by atoms with Crippen LogP contribution in [0, 0.1) is 0 Å². The van der Waals surface area contributed by atoms with Crippen LogP contribution in [0.4, 0.5) is 0 Å². The zero-order chi connectivity index (χ0) is 17.4. The molecule has 0 heterocycles. The van der Waals surface area contributed by atoms with Crippen LogP contribution in [0.15, 0.2) is 24.3 Å². The van der Waals surface area contributed by atoms with Crippen LogP contribution in [0.2, 0.25) is 5.02 Å². The van der Waals surface area contributed by atoms with E-state index in [0.29, 0.717) is 6.61 Å². The maximum absolute atomic E-state index is 8.00. The van der Waals surface area contributed by atoms with E-state index in [1.807, 2.05) is 58.2 Å². The number of hydrogen-bond acceptors (Lipinski definition) is 6. The number of carbonyl (C=O) groups excluding carboxylic acids is 5. The van der Waals surface area contributed by atoms with Crippen LogP contribution >= 0.6 is 11.6 Å². The Hall–Kier alpha value is -1.49. The van der Waals surface area contributed by atoms with Crippen molar-refractivity contribution in [2.75, 3.05) is 7.11 Å². The zero-order valence-electron chi connectivity index (χ0n) is 11.8. The maximum atomic E-state index is 8.00. The summed E-state index contributed by atoms with van der Waals surface area (Å²) in [7, 11) is 1.68. The first-order chi connectivity index (χ1) is 9.83. The third kappa shape index (κ3) is 38.1. The molecular formula is C13H19ClO6W. The first-order valence-electron chi connectivity index (χ1n) is 4.50. The average Bonchev–Trinajstić information content (AvgIpc) is 2.59. The van der Waals surface area contributed by atoms with E-state index >= 15 is 0 Å². The third-order valence-corrected chi connectivity index (χ3v) is 1.48. The van der Waals surface area contributed by atoms with Gasteiger partial charge in [0, 0.05) is 33.2 Å². The number of benzene rings is 1. The molecule has 0 N–H and O–H groups in total. The van der Waals surface area contributed by atoms with E-state index in [-0.39, 0.29) is 21.1 Å². The van der Waals surface area contributed by atoms with Gasteiger partial charge in [0.25, 0.3) is 0 Å². The summed E-state index contributed by atoms with van der Waals surface area (Å²) in [6.45, 7) is 10.6. The van der Waals surface area contributed by atoms with Crippen molar-refractivity contribution in [3.8, 4) is 0 Å². The van der Waals surface area contributed by atoms with Gasteiger partial charge in [-0.3, -0.25) is 0 Å². The molecule has 1 aromatic rings. The van der Waals surface area contributed by atoms with Crippen LogP contribution in [0.5, 0.6) is 0 Å². The number of methoxy groups -OCH3 is 1. The standard InChI is InChI=1S/C8H9ClO.5CH2O.W/c1-10-6-7-2-4-8(9)5-3-7;5*1-2;/h2-5H,6H2,1H3;5*1H2;. The van der Waals surface area contributed by atoms with E-state index in [9.17, 15) is 0 Å². The summed E-state index contributed by atoms with van der Waals surface area (Å²) in [5, 5.41) is 0.764. The second kappa shape index (κ2) is 51.4. The molecule has 21 heavy (non-hydrogen) atoms. The average molecular weight is 491 g/mol.